The third-order valence-corrected chi connectivity index (χ3v) is 4.93. The lowest BCUT2D eigenvalue weighted by Gasteiger charge is -2.16. The first-order valence-electron chi connectivity index (χ1n) is 9.97. The monoisotopic (exact) mass is 396 g/mol. The van der Waals surface area contributed by atoms with E-state index in [0.717, 1.165) is 31.8 Å². The molecule has 0 N–H and O–H groups in total. The fraction of sp³-hybridized carbons (Fsp3) is 0.409. The van der Waals surface area contributed by atoms with Crippen LogP contribution in [0.5, 0.6) is 5.75 Å². The van der Waals surface area contributed by atoms with Crippen LogP contribution in [0.3, 0.4) is 0 Å². The average molecular weight is 396 g/mol. The highest BCUT2D eigenvalue weighted by Gasteiger charge is 2.28. The van der Waals surface area contributed by atoms with Crippen LogP contribution in [0.15, 0.2) is 47.1 Å². The maximum absolute atomic E-state index is 13.9. The molecular weight excluding hydrogens is 371 g/mol. The number of hydrogen-bond acceptors (Lipinski definition) is 6. The number of ether oxygens (including phenoxy) is 1. The number of benzene rings is 1. The van der Waals surface area contributed by atoms with Crippen molar-refractivity contribution in [1.29, 1.82) is 0 Å². The quantitative estimate of drug-likeness (QED) is 0.593. The Bertz CT molecular complexity index is 959. The Balaban J connectivity index is 1.38. The first kappa shape index (κ1) is 19.5. The highest BCUT2D eigenvalue weighted by Crippen LogP contribution is 2.28. The summed E-state index contributed by atoms with van der Waals surface area (Å²) in [4.78, 5) is 10.8. The predicted molar refractivity (Wildman–Crippen MR) is 107 cm³/mol. The number of nitrogens with zero attached hydrogens (tertiary/aromatic N) is 4. The second-order valence-corrected chi connectivity index (χ2v) is 7.86. The van der Waals surface area contributed by atoms with Crippen molar-refractivity contribution >= 4 is 0 Å². The van der Waals surface area contributed by atoms with Crippen molar-refractivity contribution in [3.8, 4) is 17.3 Å². The smallest absolute Gasteiger partial charge is 0.279 e. The first-order chi connectivity index (χ1) is 14.1. The number of pyridine rings is 1. The van der Waals surface area contributed by atoms with Crippen LogP contribution in [0.1, 0.15) is 37.6 Å². The number of halogens is 1. The van der Waals surface area contributed by atoms with Crippen molar-refractivity contribution in [3.63, 3.8) is 0 Å². The summed E-state index contributed by atoms with van der Waals surface area (Å²) in [5.41, 5.74) is 1.32. The van der Waals surface area contributed by atoms with E-state index in [1.54, 1.807) is 0 Å². The van der Waals surface area contributed by atoms with E-state index >= 15 is 0 Å². The highest BCUT2D eigenvalue weighted by molar-refractivity contribution is 5.46. The molecule has 1 atom stereocenters. The van der Waals surface area contributed by atoms with E-state index in [9.17, 15) is 4.39 Å². The molecule has 0 amide bonds. The number of rotatable bonds is 7. The van der Waals surface area contributed by atoms with Gasteiger partial charge in [-0.05, 0) is 48.7 Å². The van der Waals surface area contributed by atoms with Gasteiger partial charge in [-0.25, -0.2) is 9.37 Å². The second kappa shape index (κ2) is 8.69. The van der Waals surface area contributed by atoms with Crippen molar-refractivity contribution in [2.24, 2.45) is 5.92 Å². The molecule has 0 aliphatic carbocycles. The molecule has 1 aliphatic rings. The maximum atomic E-state index is 13.9. The van der Waals surface area contributed by atoms with Gasteiger partial charge in [0.25, 0.3) is 5.89 Å². The van der Waals surface area contributed by atoms with Crippen LogP contribution in [-0.4, -0.2) is 39.7 Å². The summed E-state index contributed by atoms with van der Waals surface area (Å²) in [6.07, 6.45) is 2.45. The number of hydrogen-bond donors (Lipinski definition) is 0. The predicted octanol–water partition coefficient (Wildman–Crippen LogP) is 4.30. The van der Waals surface area contributed by atoms with Crippen LogP contribution >= 0.6 is 0 Å². The van der Waals surface area contributed by atoms with Crippen LogP contribution in [0, 0.1) is 11.7 Å². The molecule has 3 aromatic rings. The van der Waals surface area contributed by atoms with Crippen LogP contribution in [0.4, 0.5) is 4.39 Å². The Morgan fingerprint density at radius 3 is 3.00 bits per heavy atom. The van der Waals surface area contributed by atoms with Crippen LogP contribution in [0.25, 0.3) is 11.6 Å². The molecule has 0 bridgehead atoms. The molecule has 0 saturated carbocycles. The summed E-state index contributed by atoms with van der Waals surface area (Å²) in [5, 5.41) is 4.07. The summed E-state index contributed by atoms with van der Waals surface area (Å²) in [7, 11) is 0. The molecule has 29 heavy (non-hydrogen) atoms. The van der Waals surface area contributed by atoms with Gasteiger partial charge in [0.15, 0.2) is 17.3 Å². The zero-order valence-electron chi connectivity index (χ0n) is 16.7. The minimum atomic E-state index is -0.463. The van der Waals surface area contributed by atoms with Gasteiger partial charge in [-0.1, -0.05) is 31.1 Å². The van der Waals surface area contributed by atoms with Crippen molar-refractivity contribution < 1.29 is 13.7 Å². The second-order valence-electron chi connectivity index (χ2n) is 7.86. The molecule has 1 unspecified atom stereocenters. The Labute approximate surface area is 169 Å². The Kier molecular flexibility index (Phi) is 5.85. The minimum absolute atomic E-state index is 0.0966. The molecule has 1 fully saturated rings. The normalized spacial score (nSPS) is 17.2. The Morgan fingerprint density at radius 2 is 2.17 bits per heavy atom. The van der Waals surface area contributed by atoms with E-state index in [1.165, 1.54) is 23.9 Å². The number of aromatic nitrogens is 3. The molecule has 2 aromatic heterocycles. The van der Waals surface area contributed by atoms with Crippen molar-refractivity contribution in [3.05, 3.63) is 59.8 Å². The lowest BCUT2D eigenvalue weighted by molar-refractivity contribution is 0.270. The summed E-state index contributed by atoms with van der Waals surface area (Å²) >= 11 is 0. The van der Waals surface area contributed by atoms with Gasteiger partial charge in [0.1, 0.15) is 5.75 Å². The van der Waals surface area contributed by atoms with Gasteiger partial charge in [0.05, 0.1) is 6.61 Å². The van der Waals surface area contributed by atoms with Crippen LogP contribution in [-0.2, 0) is 6.54 Å². The van der Waals surface area contributed by atoms with Gasteiger partial charge in [0, 0.05) is 25.2 Å². The lowest BCUT2D eigenvalue weighted by Crippen LogP contribution is -2.20. The largest absolute Gasteiger partial charge is 0.493 e. The minimum Gasteiger partial charge on any atom is -0.493 e. The SMILES string of the molecule is CC(C)COc1cccc(CN2CCC(c3noc(-c4ncccc4F)n3)C2)c1. The third kappa shape index (κ3) is 4.79. The average Bonchev–Trinajstić information content (AvgIpc) is 3.37. The van der Waals surface area contributed by atoms with Gasteiger partial charge >= 0.3 is 0 Å². The zero-order chi connectivity index (χ0) is 20.2. The number of likely N-dealkylation sites (tertiary alicyclic amines) is 1. The maximum Gasteiger partial charge on any atom is 0.279 e. The van der Waals surface area contributed by atoms with Gasteiger partial charge < -0.3 is 9.26 Å². The fourth-order valence-electron chi connectivity index (χ4n) is 3.48. The van der Waals surface area contributed by atoms with E-state index in [1.807, 2.05) is 12.1 Å². The van der Waals surface area contributed by atoms with Gasteiger partial charge in [0.2, 0.25) is 0 Å². The van der Waals surface area contributed by atoms with Gasteiger partial charge in [-0.15, -0.1) is 0 Å². The molecular formula is C22H25FN4O2. The lowest BCUT2D eigenvalue weighted by atomic mass is 10.1. The molecule has 0 radical (unpaired) electrons. The highest BCUT2D eigenvalue weighted by atomic mass is 19.1. The molecule has 1 saturated heterocycles. The van der Waals surface area contributed by atoms with Crippen molar-refractivity contribution in [2.45, 2.75) is 32.7 Å². The fourth-order valence-corrected chi connectivity index (χ4v) is 3.48. The summed E-state index contributed by atoms with van der Waals surface area (Å²) < 4.78 is 25.0. The molecule has 4 rings (SSSR count). The Morgan fingerprint density at radius 1 is 1.28 bits per heavy atom. The topological polar surface area (TPSA) is 64.3 Å². The first-order valence-corrected chi connectivity index (χ1v) is 9.97. The zero-order valence-corrected chi connectivity index (χ0v) is 16.7. The molecule has 152 valence electrons. The molecule has 7 heteroatoms. The van der Waals surface area contributed by atoms with Crippen molar-refractivity contribution in [1.82, 2.24) is 20.0 Å². The molecule has 3 heterocycles. The molecule has 6 nitrogen and oxygen atoms in total. The summed E-state index contributed by atoms with van der Waals surface area (Å²) in [6.45, 7) is 7.62. The van der Waals surface area contributed by atoms with Gasteiger partial charge in [-0.2, -0.15) is 4.98 Å². The van der Waals surface area contributed by atoms with E-state index in [-0.39, 0.29) is 17.5 Å². The van der Waals surface area contributed by atoms with Gasteiger partial charge in [-0.3, -0.25) is 4.90 Å². The molecule has 0 spiro atoms. The summed E-state index contributed by atoms with van der Waals surface area (Å²) in [6, 6.07) is 11.1. The van der Waals surface area contributed by atoms with Crippen molar-refractivity contribution in [2.75, 3.05) is 19.7 Å². The summed E-state index contributed by atoms with van der Waals surface area (Å²) in [5.74, 6) is 1.85. The third-order valence-electron chi connectivity index (χ3n) is 4.93. The van der Waals surface area contributed by atoms with E-state index in [2.05, 4.69) is 46.0 Å². The standard InChI is InChI=1S/C22H25FN4O2/c1-15(2)14-28-18-6-3-5-16(11-18)12-27-10-8-17(13-27)21-25-22(29-26-21)20-19(23)7-4-9-24-20/h3-7,9,11,15,17H,8,10,12-14H2,1-2H3. The van der Waals surface area contributed by atoms with E-state index in [4.69, 9.17) is 9.26 Å². The molecule has 1 aliphatic heterocycles. The molecule has 1 aromatic carbocycles. The Hall–Kier alpha value is -2.80. The van der Waals surface area contributed by atoms with E-state index in [0.29, 0.717) is 18.3 Å². The van der Waals surface area contributed by atoms with Crippen LogP contribution in [0.2, 0.25) is 0 Å². The van der Waals surface area contributed by atoms with Crippen LogP contribution < -0.4 is 4.74 Å². The van der Waals surface area contributed by atoms with E-state index < -0.39 is 5.82 Å².